The molecule has 0 amide bonds. The molecule has 0 spiro atoms. The molecule has 0 atom stereocenters. The molecule has 4 rings (SSSR count). The summed E-state index contributed by atoms with van der Waals surface area (Å²) in [5, 5.41) is 4.29. The zero-order chi connectivity index (χ0) is 12.8. The van der Waals surface area contributed by atoms with Gasteiger partial charge in [0.25, 0.3) is 0 Å². The smallest absolute Gasteiger partial charge is 0.124 e. The minimum absolute atomic E-state index is 0.208. The highest BCUT2D eigenvalue weighted by Gasteiger charge is 2.13. The Kier molecular flexibility index (Phi) is 2.40. The molecule has 1 aliphatic heterocycles. The van der Waals surface area contributed by atoms with Gasteiger partial charge in [-0.05, 0) is 35.4 Å². The van der Waals surface area contributed by atoms with Gasteiger partial charge in [0, 0.05) is 18.7 Å². The Hall–Kier alpha value is -1.78. The fourth-order valence-corrected chi connectivity index (χ4v) is 3.44. The highest BCUT2D eigenvalue weighted by molar-refractivity contribution is 7.21. The van der Waals surface area contributed by atoms with Gasteiger partial charge >= 0.3 is 0 Å². The monoisotopic (exact) mass is 270 g/mol. The number of hydrogen-bond acceptors (Lipinski definition) is 3. The Morgan fingerprint density at radius 3 is 2.89 bits per heavy atom. The lowest BCUT2D eigenvalue weighted by Gasteiger charge is -2.00. The van der Waals surface area contributed by atoms with Crippen molar-refractivity contribution in [3.63, 3.8) is 0 Å². The Morgan fingerprint density at radius 2 is 1.95 bits per heavy atom. The van der Waals surface area contributed by atoms with Crippen molar-refractivity contribution in [2.45, 2.75) is 13.1 Å². The van der Waals surface area contributed by atoms with Crippen molar-refractivity contribution < 1.29 is 4.39 Å². The van der Waals surface area contributed by atoms with E-state index in [4.69, 9.17) is 0 Å². The van der Waals surface area contributed by atoms with E-state index < -0.39 is 0 Å². The molecule has 2 nitrogen and oxygen atoms in total. The highest BCUT2D eigenvalue weighted by Crippen LogP contribution is 2.32. The van der Waals surface area contributed by atoms with Crippen LogP contribution in [0.25, 0.3) is 20.8 Å². The van der Waals surface area contributed by atoms with E-state index in [1.165, 1.54) is 28.5 Å². The number of aromatic nitrogens is 1. The third-order valence-corrected chi connectivity index (χ3v) is 4.50. The van der Waals surface area contributed by atoms with Crippen molar-refractivity contribution in [2.75, 3.05) is 0 Å². The van der Waals surface area contributed by atoms with Gasteiger partial charge in [-0.1, -0.05) is 12.1 Å². The molecule has 0 aliphatic carbocycles. The molecule has 19 heavy (non-hydrogen) atoms. The fourth-order valence-electron chi connectivity index (χ4n) is 2.45. The number of thiazole rings is 1. The third-order valence-electron chi connectivity index (χ3n) is 3.43. The first kappa shape index (κ1) is 11.1. The van der Waals surface area contributed by atoms with Crippen molar-refractivity contribution >= 4 is 21.6 Å². The molecule has 0 unspecified atom stereocenters. The minimum atomic E-state index is -0.208. The fraction of sp³-hybridized carbons (Fsp3) is 0.133. The molecule has 0 saturated carbocycles. The van der Waals surface area contributed by atoms with Gasteiger partial charge in [-0.15, -0.1) is 11.3 Å². The summed E-state index contributed by atoms with van der Waals surface area (Å²) < 4.78 is 14.1. The zero-order valence-electron chi connectivity index (χ0n) is 10.1. The van der Waals surface area contributed by atoms with Gasteiger partial charge in [0.15, 0.2) is 0 Å². The average molecular weight is 270 g/mol. The number of halogens is 1. The summed E-state index contributed by atoms with van der Waals surface area (Å²) in [6, 6.07) is 11.2. The second-order valence-corrected chi connectivity index (χ2v) is 5.75. The van der Waals surface area contributed by atoms with Crippen molar-refractivity contribution in [2.24, 2.45) is 0 Å². The maximum atomic E-state index is 13.2. The number of nitrogens with zero attached hydrogens (tertiary/aromatic N) is 1. The van der Waals surface area contributed by atoms with Gasteiger partial charge in [-0.3, -0.25) is 0 Å². The number of rotatable bonds is 1. The van der Waals surface area contributed by atoms with E-state index in [2.05, 4.69) is 28.5 Å². The van der Waals surface area contributed by atoms with Crippen molar-refractivity contribution in [3.8, 4) is 10.6 Å². The van der Waals surface area contributed by atoms with Crippen LogP contribution in [-0.2, 0) is 13.1 Å². The summed E-state index contributed by atoms with van der Waals surface area (Å²) in [4.78, 5) is 4.58. The van der Waals surface area contributed by atoms with Crippen LogP contribution >= 0.6 is 11.3 Å². The van der Waals surface area contributed by atoms with E-state index in [1.54, 1.807) is 12.1 Å². The topological polar surface area (TPSA) is 24.9 Å². The summed E-state index contributed by atoms with van der Waals surface area (Å²) >= 11 is 1.54. The van der Waals surface area contributed by atoms with Crippen LogP contribution in [-0.4, -0.2) is 4.98 Å². The third kappa shape index (κ3) is 1.84. The van der Waals surface area contributed by atoms with Crippen molar-refractivity contribution in [3.05, 3.63) is 53.3 Å². The standard InChI is InChI=1S/C15H11FN2S/c16-12-3-4-13-14(6-12)19-15(18-13)9-1-2-10-7-17-8-11(10)5-9/h1-6,17H,7-8H2. The van der Waals surface area contributed by atoms with Gasteiger partial charge in [-0.25, -0.2) is 9.37 Å². The lowest BCUT2D eigenvalue weighted by molar-refractivity contribution is 0.630. The lowest BCUT2D eigenvalue weighted by atomic mass is 10.1. The predicted octanol–water partition coefficient (Wildman–Crippen LogP) is 3.71. The molecule has 1 N–H and O–H groups in total. The summed E-state index contributed by atoms with van der Waals surface area (Å²) in [5.41, 5.74) is 4.67. The molecule has 1 aromatic heterocycles. The van der Waals surface area contributed by atoms with E-state index >= 15 is 0 Å². The summed E-state index contributed by atoms with van der Waals surface area (Å²) in [6.45, 7) is 1.86. The van der Waals surface area contributed by atoms with Crippen LogP contribution in [0.3, 0.4) is 0 Å². The number of benzene rings is 2. The summed E-state index contributed by atoms with van der Waals surface area (Å²) in [6.07, 6.45) is 0. The van der Waals surface area contributed by atoms with E-state index in [0.29, 0.717) is 0 Å². The van der Waals surface area contributed by atoms with Crippen LogP contribution in [0.2, 0.25) is 0 Å². The molecule has 4 heteroatoms. The first-order valence-electron chi connectivity index (χ1n) is 6.18. The second kappa shape index (κ2) is 4.11. The molecule has 0 radical (unpaired) electrons. The van der Waals surface area contributed by atoms with E-state index in [0.717, 1.165) is 33.9 Å². The normalized spacial score (nSPS) is 13.9. The molecule has 2 aromatic carbocycles. The molecule has 94 valence electrons. The molecule has 3 aromatic rings. The molecule has 0 bridgehead atoms. The Bertz CT molecular complexity index is 779. The van der Waals surface area contributed by atoms with Gasteiger partial charge in [-0.2, -0.15) is 0 Å². The Morgan fingerprint density at radius 1 is 1.05 bits per heavy atom. The number of nitrogens with one attached hydrogen (secondary N) is 1. The van der Waals surface area contributed by atoms with Crippen LogP contribution in [0.1, 0.15) is 11.1 Å². The Balaban J connectivity index is 1.85. The molecular formula is C15H11FN2S. The van der Waals surface area contributed by atoms with Crippen molar-refractivity contribution in [1.82, 2.24) is 10.3 Å². The first-order chi connectivity index (χ1) is 9.29. The SMILES string of the molecule is Fc1ccc2nc(-c3ccc4c(c3)CNC4)sc2c1. The van der Waals surface area contributed by atoms with Crippen LogP contribution in [0.5, 0.6) is 0 Å². The largest absolute Gasteiger partial charge is 0.309 e. The van der Waals surface area contributed by atoms with E-state index in [1.807, 2.05) is 0 Å². The lowest BCUT2D eigenvalue weighted by Crippen LogP contribution is -1.99. The number of fused-ring (bicyclic) bond motifs is 2. The zero-order valence-corrected chi connectivity index (χ0v) is 10.9. The van der Waals surface area contributed by atoms with Gasteiger partial charge in [0.1, 0.15) is 10.8 Å². The maximum Gasteiger partial charge on any atom is 0.124 e. The number of hydrogen-bond donors (Lipinski definition) is 1. The van der Waals surface area contributed by atoms with E-state index in [-0.39, 0.29) is 5.82 Å². The molecule has 1 aliphatic rings. The maximum absolute atomic E-state index is 13.2. The van der Waals surface area contributed by atoms with E-state index in [9.17, 15) is 4.39 Å². The predicted molar refractivity (Wildman–Crippen MR) is 75.6 cm³/mol. The highest BCUT2D eigenvalue weighted by atomic mass is 32.1. The second-order valence-electron chi connectivity index (χ2n) is 4.72. The van der Waals surface area contributed by atoms with Crippen LogP contribution < -0.4 is 5.32 Å². The quantitative estimate of drug-likeness (QED) is 0.729. The van der Waals surface area contributed by atoms with Crippen LogP contribution in [0, 0.1) is 5.82 Å². The Labute approximate surface area is 113 Å². The summed E-state index contributed by atoms with van der Waals surface area (Å²) in [7, 11) is 0. The molecule has 0 fully saturated rings. The van der Waals surface area contributed by atoms with Crippen LogP contribution in [0.4, 0.5) is 4.39 Å². The average Bonchev–Trinajstić information content (AvgIpc) is 3.02. The van der Waals surface area contributed by atoms with Gasteiger partial charge in [0.05, 0.1) is 10.2 Å². The van der Waals surface area contributed by atoms with Crippen LogP contribution in [0.15, 0.2) is 36.4 Å². The van der Waals surface area contributed by atoms with Gasteiger partial charge in [0.2, 0.25) is 0 Å². The van der Waals surface area contributed by atoms with Crippen molar-refractivity contribution in [1.29, 1.82) is 0 Å². The minimum Gasteiger partial charge on any atom is -0.309 e. The van der Waals surface area contributed by atoms with Gasteiger partial charge < -0.3 is 5.32 Å². The summed E-state index contributed by atoms with van der Waals surface area (Å²) in [5.74, 6) is -0.208. The molecule has 0 saturated heterocycles. The first-order valence-corrected chi connectivity index (χ1v) is 7.00. The molecule has 2 heterocycles. The molecular weight excluding hydrogens is 259 g/mol.